The molecule has 2 nitrogen and oxygen atoms in total. The summed E-state index contributed by atoms with van der Waals surface area (Å²) >= 11 is 0. The Morgan fingerprint density at radius 1 is 1.26 bits per heavy atom. The van der Waals surface area contributed by atoms with Crippen molar-refractivity contribution in [1.29, 1.82) is 0 Å². The lowest BCUT2D eigenvalue weighted by Crippen LogP contribution is -2.34. The maximum absolute atomic E-state index is 11.7. The zero-order chi connectivity index (χ0) is 16.8. The SMILES string of the molecule is C#Cc1ccc(C2CC2C=CC=CC(=O)NC(C)C(C)C)cc1. The van der Waals surface area contributed by atoms with Crippen LogP contribution in [0.4, 0.5) is 0 Å². The Balaban J connectivity index is 1.78. The van der Waals surface area contributed by atoms with E-state index in [4.69, 9.17) is 6.42 Å². The fraction of sp³-hybridized carbons (Fsp3) is 0.381. The van der Waals surface area contributed by atoms with Gasteiger partial charge < -0.3 is 5.32 Å². The van der Waals surface area contributed by atoms with Gasteiger partial charge in [-0.1, -0.05) is 50.1 Å². The van der Waals surface area contributed by atoms with E-state index in [2.05, 4.69) is 43.3 Å². The highest BCUT2D eigenvalue weighted by Gasteiger charge is 2.35. The predicted molar refractivity (Wildman–Crippen MR) is 95.9 cm³/mol. The van der Waals surface area contributed by atoms with Crippen LogP contribution in [0.15, 0.2) is 48.6 Å². The average Bonchev–Trinajstić information content (AvgIpc) is 3.31. The number of terminal acetylenes is 1. The molecule has 0 aromatic heterocycles. The molecule has 0 heterocycles. The lowest BCUT2D eigenvalue weighted by atomic mass is 10.1. The summed E-state index contributed by atoms with van der Waals surface area (Å²) in [5, 5.41) is 2.95. The molecule has 3 atom stereocenters. The number of amides is 1. The molecule has 1 amide bonds. The quantitative estimate of drug-likeness (QED) is 0.479. The predicted octanol–water partition coefficient (Wildman–Crippen LogP) is 4.04. The van der Waals surface area contributed by atoms with Crippen LogP contribution in [-0.4, -0.2) is 11.9 Å². The zero-order valence-corrected chi connectivity index (χ0v) is 14.1. The second-order valence-corrected chi connectivity index (χ2v) is 6.56. The van der Waals surface area contributed by atoms with Crippen molar-refractivity contribution in [2.45, 2.75) is 39.2 Å². The summed E-state index contributed by atoms with van der Waals surface area (Å²) in [6.45, 7) is 6.21. The molecular weight excluding hydrogens is 282 g/mol. The molecule has 0 radical (unpaired) electrons. The first-order valence-electron chi connectivity index (χ1n) is 8.23. The van der Waals surface area contributed by atoms with E-state index in [0.29, 0.717) is 17.8 Å². The largest absolute Gasteiger partial charge is 0.350 e. The lowest BCUT2D eigenvalue weighted by Gasteiger charge is -2.15. The maximum atomic E-state index is 11.7. The number of carbonyl (C=O) groups excluding carboxylic acids is 1. The van der Waals surface area contributed by atoms with Gasteiger partial charge in [-0.25, -0.2) is 0 Å². The number of allylic oxidation sites excluding steroid dienone is 3. The number of rotatable bonds is 6. The van der Waals surface area contributed by atoms with Gasteiger partial charge in [-0.05, 0) is 48.8 Å². The topological polar surface area (TPSA) is 29.1 Å². The third-order valence-electron chi connectivity index (χ3n) is 4.43. The number of carbonyl (C=O) groups is 1. The van der Waals surface area contributed by atoms with Gasteiger partial charge in [0.1, 0.15) is 0 Å². The Hall–Kier alpha value is -2.27. The van der Waals surface area contributed by atoms with Crippen LogP contribution in [0.5, 0.6) is 0 Å². The Morgan fingerprint density at radius 3 is 2.57 bits per heavy atom. The summed E-state index contributed by atoms with van der Waals surface area (Å²) in [6, 6.07) is 8.41. The first-order chi connectivity index (χ1) is 11.0. The number of benzene rings is 1. The van der Waals surface area contributed by atoms with Crippen molar-refractivity contribution in [2.24, 2.45) is 11.8 Å². The van der Waals surface area contributed by atoms with Crippen LogP contribution in [0.1, 0.15) is 44.2 Å². The Bertz CT molecular complexity index is 631. The monoisotopic (exact) mass is 307 g/mol. The van der Waals surface area contributed by atoms with Gasteiger partial charge in [0.05, 0.1) is 0 Å². The molecule has 0 saturated heterocycles. The smallest absolute Gasteiger partial charge is 0.244 e. The summed E-state index contributed by atoms with van der Waals surface area (Å²) in [6.07, 6.45) is 14.1. The van der Waals surface area contributed by atoms with E-state index in [1.54, 1.807) is 6.08 Å². The van der Waals surface area contributed by atoms with Crippen molar-refractivity contribution in [2.75, 3.05) is 0 Å². The maximum Gasteiger partial charge on any atom is 0.244 e. The second kappa shape index (κ2) is 7.83. The zero-order valence-electron chi connectivity index (χ0n) is 14.1. The van der Waals surface area contributed by atoms with Gasteiger partial charge in [0.25, 0.3) is 0 Å². The molecule has 3 unspecified atom stereocenters. The molecule has 0 spiro atoms. The third kappa shape index (κ3) is 5.14. The highest BCUT2D eigenvalue weighted by Crippen LogP contribution is 2.48. The van der Waals surface area contributed by atoms with E-state index in [1.807, 2.05) is 31.2 Å². The van der Waals surface area contributed by atoms with Crippen LogP contribution >= 0.6 is 0 Å². The van der Waals surface area contributed by atoms with Crippen molar-refractivity contribution in [3.63, 3.8) is 0 Å². The molecule has 1 aromatic rings. The van der Waals surface area contributed by atoms with Gasteiger partial charge in [-0.3, -0.25) is 4.79 Å². The van der Waals surface area contributed by atoms with Crippen LogP contribution < -0.4 is 5.32 Å². The highest BCUT2D eigenvalue weighted by molar-refractivity contribution is 5.87. The molecular formula is C21H25NO. The third-order valence-corrected chi connectivity index (χ3v) is 4.43. The van der Waals surface area contributed by atoms with Crippen molar-refractivity contribution < 1.29 is 4.79 Å². The lowest BCUT2D eigenvalue weighted by molar-refractivity contribution is -0.117. The molecule has 0 bridgehead atoms. The van der Waals surface area contributed by atoms with Crippen molar-refractivity contribution in [3.05, 3.63) is 59.7 Å². The molecule has 1 fully saturated rings. The second-order valence-electron chi connectivity index (χ2n) is 6.56. The van der Waals surface area contributed by atoms with E-state index < -0.39 is 0 Å². The van der Waals surface area contributed by atoms with Gasteiger partial charge in [0.2, 0.25) is 5.91 Å². The summed E-state index contributed by atoms with van der Waals surface area (Å²) in [7, 11) is 0. The highest BCUT2D eigenvalue weighted by atomic mass is 16.1. The van der Waals surface area contributed by atoms with E-state index in [1.165, 1.54) is 5.56 Å². The molecule has 0 aliphatic heterocycles. The molecule has 23 heavy (non-hydrogen) atoms. The van der Waals surface area contributed by atoms with Crippen molar-refractivity contribution in [3.8, 4) is 12.3 Å². The molecule has 1 aliphatic carbocycles. The summed E-state index contributed by atoms with van der Waals surface area (Å²) < 4.78 is 0. The Kier molecular flexibility index (Phi) is 5.82. The minimum Gasteiger partial charge on any atom is -0.350 e. The van der Waals surface area contributed by atoms with E-state index >= 15 is 0 Å². The number of hydrogen-bond acceptors (Lipinski definition) is 1. The van der Waals surface area contributed by atoms with Gasteiger partial charge in [-0.2, -0.15) is 0 Å². The summed E-state index contributed by atoms with van der Waals surface area (Å²) in [5.74, 6) is 4.19. The average molecular weight is 307 g/mol. The van der Waals surface area contributed by atoms with Crippen molar-refractivity contribution in [1.82, 2.24) is 5.32 Å². The molecule has 2 rings (SSSR count). The van der Waals surface area contributed by atoms with Gasteiger partial charge >= 0.3 is 0 Å². The van der Waals surface area contributed by atoms with Crippen molar-refractivity contribution >= 4 is 5.91 Å². The fourth-order valence-electron chi connectivity index (χ4n) is 2.43. The molecule has 1 aliphatic rings. The van der Waals surface area contributed by atoms with Crippen LogP contribution in [-0.2, 0) is 4.79 Å². The fourth-order valence-corrected chi connectivity index (χ4v) is 2.43. The summed E-state index contributed by atoms with van der Waals surface area (Å²) in [5.41, 5.74) is 2.26. The van der Waals surface area contributed by atoms with Crippen LogP contribution in [0.2, 0.25) is 0 Å². The van der Waals surface area contributed by atoms with Crippen LogP contribution in [0.3, 0.4) is 0 Å². The standard InChI is InChI=1S/C21H25NO/c1-5-17-10-12-18(13-11-17)20-14-19(20)8-6-7-9-21(23)22-16(4)15(2)3/h1,6-13,15-16,19-20H,14H2,2-4H3,(H,22,23). The van der Waals surface area contributed by atoms with Gasteiger partial charge in [-0.15, -0.1) is 6.42 Å². The molecule has 1 aromatic carbocycles. The first-order valence-corrected chi connectivity index (χ1v) is 8.23. The van der Waals surface area contributed by atoms with E-state index in [0.717, 1.165) is 12.0 Å². The molecule has 1 saturated carbocycles. The molecule has 120 valence electrons. The molecule has 2 heteroatoms. The number of hydrogen-bond donors (Lipinski definition) is 1. The first kappa shape index (κ1) is 17.1. The van der Waals surface area contributed by atoms with E-state index in [-0.39, 0.29) is 11.9 Å². The van der Waals surface area contributed by atoms with Gasteiger partial charge in [0.15, 0.2) is 0 Å². The Morgan fingerprint density at radius 2 is 1.96 bits per heavy atom. The Labute approximate surface area is 139 Å². The summed E-state index contributed by atoms with van der Waals surface area (Å²) in [4.78, 5) is 11.7. The van der Waals surface area contributed by atoms with Gasteiger partial charge in [0, 0.05) is 17.7 Å². The van der Waals surface area contributed by atoms with Crippen LogP contribution in [0.25, 0.3) is 0 Å². The molecule has 1 N–H and O–H groups in total. The minimum absolute atomic E-state index is 0.0342. The number of nitrogens with one attached hydrogen (secondary N) is 1. The van der Waals surface area contributed by atoms with Crippen LogP contribution in [0, 0.1) is 24.2 Å². The normalized spacial score (nSPS) is 21.5. The van der Waals surface area contributed by atoms with E-state index in [9.17, 15) is 4.79 Å². The minimum atomic E-state index is -0.0342.